The van der Waals surface area contributed by atoms with Crippen molar-refractivity contribution in [1.82, 2.24) is 4.98 Å². The molecule has 5 rings (SSSR count). The van der Waals surface area contributed by atoms with Gasteiger partial charge in [-0.25, -0.2) is 4.98 Å². The maximum absolute atomic E-state index is 12.9. The number of carbonyl (C=O) groups excluding carboxylic acids is 1. The van der Waals surface area contributed by atoms with Gasteiger partial charge in [-0.15, -0.1) is 0 Å². The van der Waals surface area contributed by atoms with Gasteiger partial charge in [0.15, 0.2) is 5.58 Å². The third-order valence-corrected chi connectivity index (χ3v) is 5.91. The molecule has 32 heavy (non-hydrogen) atoms. The second-order valence-electron chi connectivity index (χ2n) is 8.07. The van der Waals surface area contributed by atoms with Crippen LogP contribution in [0.5, 0.6) is 0 Å². The summed E-state index contributed by atoms with van der Waals surface area (Å²) in [5, 5.41) is 5.26. The molecule has 0 aliphatic rings. The van der Waals surface area contributed by atoms with E-state index in [1.807, 2.05) is 60.7 Å². The predicted molar refractivity (Wildman–Crippen MR) is 130 cm³/mol. The first-order valence-electron chi connectivity index (χ1n) is 10.5. The van der Waals surface area contributed by atoms with Crippen molar-refractivity contribution < 1.29 is 9.21 Å². The lowest BCUT2D eigenvalue weighted by atomic mass is 10.0. The third-order valence-electron chi connectivity index (χ3n) is 5.58. The Morgan fingerprint density at radius 1 is 0.938 bits per heavy atom. The van der Waals surface area contributed by atoms with Crippen LogP contribution in [0.25, 0.3) is 33.3 Å². The zero-order valence-electron chi connectivity index (χ0n) is 17.7. The number of hydrogen-bond acceptors (Lipinski definition) is 3. The largest absolute Gasteiger partial charge is 0.436 e. The minimum Gasteiger partial charge on any atom is -0.436 e. The number of oxazole rings is 1. The molecule has 5 heteroatoms. The Morgan fingerprint density at radius 3 is 2.47 bits per heavy atom. The van der Waals surface area contributed by atoms with Crippen LogP contribution in [0.15, 0.2) is 83.3 Å². The molecule has 0 unspecified atom stereocenters. The van der Waals surface area contributed by atoms with Crippen molar-refractivity contribution in [3.8, 4) is 11.5 Å². The summed E-state index contributed by atoms with van der Waals surface area (Å²) >= 11 is 6.28. The molecule has 0 spiro atoms. The summed E-state index contributed by atoms with van der Waals surface area (Å²) < 4.78 is 5.93. The average molecular weight is 441 g/mol. The summed E-state index contributed by atoms with van der Waals surface area (Å²) in [5.41, 5.74) is 4.95. The van der Waals surface area contributed by atoms with E-state index >= 15 is 0 Å². The fraction of sp³-hybridized carbons (Fsp3) is 0.111. The van der Waals surface area contributed by atoms with Crippen molar-refractivity contribution in [2.24, 2.45) is 0 Å². The Balaban J connectivity index is 1.39. The monoisotopic (exact) mass is 440 g/mol. The fourth-order valence-corrected chi connectivity index (χ4v) is 4.03. The van der Waals surface area contributed by atoms with Crippen molar-refractivity contribution in [3.63, 3.8) is 0 Å². The topological polar surface area (TPSA) is 55.1 Å². The zero-order valence-corrected chi connectivity index (χ0v) is 18.5. The Hall–Kier alpha value is -3.63. The molecule has 0 atom stereocenters. The molecule has 0 saturated carbocycles. The van der Waals surface area contributed by atoms with Gasteiger partial charge < -0.3 is 9.73 Å². The molecule has 4 nitrogen and oxygen atoms in total. The molecule has 1 N–H and O–H groups in total. The Kier molecular flexibility index (Phi) is 5.16. The van der Waals surface area contributed by atoms with Gasteiger partial charge in [-0.1, -0.05) is 55.8 Å². The summed E-state index contributed by atoms with van der Waals surface area (Å²) in [5.74, 6) is 0.802. The summed E-state index contributed by atoms with van der Waals surface area (Å²) in [4.78, 5) is 17.6. The maximum atomic E-state index is 12.9. The van der Waals surface area contributed by atoms with E-state index in [0.717, 1.165) is 27.4 Å². The van der Waals surface area contributed by atoms with E-state index < -0.39 is 0 Å². The second kappa shape index (κ2) is 8.13. The Labute approximate surface area is 190 Å². The Bertz CT molecular complexity index is 1450. The van der Waals surface area contributed by atoms with Crippen LogP contribution in [0.3, 0.4) is 0 Å². The van der Waals surface area contributed by atoms with Crippen LogP contribution in [0.2, 0.25) is 5.02 Å². The highest BCUT2D eigenvalue weighted by Gasteiger charge is 2.13. The van der Waals surface area contributed by atoms with Crippen LogP contribution in [-0.4, -0.2) is 10.9 Å². The van der Waals surface area contributed by atoms with Gasteiger partial charge in [0.05, 0.1) is 0 Å². The van der Waals surface area contributed by atoms with Crippen LogP contribution in [0.1, 0.15) is 35.7 Å². The quantitative estimate of drug-likeness (QED) is 0.312. The van der Waals surface area contributed by atoms with Gasteiger partial charge in [0.2, 0.25) is 5.89 Å². The minimum atomic E-state index is -0.186. The van der Waals surface area contributed by atoms with Crippen molar-refractivity contribution in [1.29, 1.82) is 0 Å². The molecule has 0 aliphatic heterocycles. The van der Waals surface area contributed by atoms with Gasteiger partial charge in [-0.2, -0.15) is 0 Å². The molecule has 158 valence electrons. The number of aromatic nitrogens is 1. The first-order chi connectivity index (χ1) is 15.5. The number of fused-ring (bicyclic) bond motifs is 2. The molecule has 0 saturated heterocycles. The van der Waals surface area contributed by atoms with Gasteiger partial charge in [-0.05, 0) is 65.4 Å². The van der Waals surface area contributed by atoms with Crippen molar-refractivity contribution in [2.75, 3.05) is 5.32 Å². The normalized spacial score (nSPS) is 11.4. The zero-order chi connectivity index (χ0) is 22.2. The maximum Gasteiger partial charge on any atom is 0.256 e. The number of halogens is 1. The number of hydrogen-bond donors (Lipinski definition) is 1. The van der Waals surface area contributed by atoms with Crippen LogP contribution >= 0.6 is 11.6 Å². The summed E-state index contributed by atoms with van der Waals surface area (Å²) in [6.07, 6.45) is 0. The molecule has 5 aromatic rings. The molecule has 0 fully saturated rings. The van der Waals surface area contributed by atoms with Gasteiger partial charge in [-0.3, -0.25) is 4.79 Å². The lowest BCUT2D eigenvalue weighted by Gasteiger charge is -2.09. The molecule has 1 amide bonds. The van der Waals surface area contributed by atoms with E-state index in [0.29, 0.717) is 28.1 Å². The lowest BCUT2D eigenvalue weighted by Crippen LogP contribution is -2.12. The number of rotatable bonds is 4. The summed E-state index contributed by atoms with van der Waals surface area (Å²) in [7, 11) is 0. The Morgan fingerprint density at radius 2 is 1.69 bits per heavy atom. The van der Waals surface area contributed by atoms with Gasteiger partial charge >= 0.3 is 0 Å². The van der Waals surface area contributed by atoms with E-state index in [2.05, 4.69) is 36.3 Å². The summed E-state index contributed by atoms with van der Waals surface area (Å²) in [6, 6.07) is 24.7. The van der Waals surface area contributed by atoms with Gasteiger partial charge in [0, 0.05) is 27.2 Å². The highest BCUT2D eigenvalue weighted by atomic mass is 35.5. The van der Waals surface area contributed by atoms with Crippen LogP contribution < -0.4 is 5.32 Å². The van der Waals surface area contributed by atoms with E-state index in [9.17, 15) is 4.79 Å². The van der Waals surface area contributed by atoms with E-state index in [1.54, 1.807) is 6.07 Å². The molecule has 1 heterocycles. The highest BCUT2D eigenvalue weighted by molar-refractivity contribution is 6.36. The van der Waals surface area contributed by atoms with E-state index in [4.69, 9.17) is 16.0 Å². The standard InChI is InChI=1S/C27H21ClN2O2/c1-16(2)18-11-14-25-24(15-18)30-27(32-25)17-9-12-19(13-10-17)29-26(31)22-7-3-6-21-20(22)5-4-8-23(21)28/h3-16H,1-2H3,(H,29,31). The number of nitrogens with zero attached hydrogens (tertiary/aromatic N) is 1. The molecular formula is C27H21ClN2O2. The van der Waals surface area contributed by atoms with Gasteiger partial charge in [0.1, 0.15) is 5.52 Å². The predicted octanol–water partition coefficient (Wildman–Crippen LogP) is 7.68. The molecular weight excluding hydrogens is 420 g/mol. The van der Waals surface area contributed by atoms with Crippen molar-refractivity contribution in [3.05, 3.63) is 95.0 Å². The molecule has 0 radical (unpaired) electrons. The summed E-state index contributed by atoms with van der Waals surface area (Å²) in [6.45, 7) is 4.31. The smallest absolute Gasteiger partial charge is 0.256 e. The number of anilines is 1. The number of carbonyl (C=O) groups is 1. The first-order valence-corrected chi connectivity index (χ1v) is 10.9. The van der Waals surface area contributed by atoms with Crippen LogP contribution in [0.4, 0.5) is 5.69 Å². The van der Waals surface area contributed by atoms with Crippen LogP contribution in [0, 0.1) is 0 Å². The number of benzene rings is 4. The van der Waals surface area contributed by atoms with Gasteiger partial charge in [0.25, 0.3) is 5.91 Å². The molecule has 4 aromatic carbocycles. The second-order valence-corrected chi connectivity index (χ2v) is 8.48. The van der Waals surface area contributed by atoms with Crippen LogP contribution in [-0.2, 0) is 0 Å². The van der Waals surface area contributed by atoms with Crippen molar-refractivity contribution in [2.45, 2.75) is 19.8 Å². The third kappa shape index (κ3) is 3.74. The number of nitrogens with one attached hydrogen (secondary N) is 1. The SMILES string of the molecule is CC(C)c1ccc2oc(-c3ccc(NC(=O)c4cccc5c(Cl)cccc45)cc3)nc2c1. The van der Waals surface area contributed by atoms with Crippen molar-refractivity contribution >= 4 is 45.1 Å². The molecule has 0 aliphatic carbocycles. The van der Waals surface area contributed by atoms with E-state index in [-0.39, 0.29) is 5.91 Å². The average Bonchev–Trinajstić information content (AvgIpc) is 3.23. The fourth-order valence-electron chi connectivity index (χ4n) is 3.79. The highest BCUT2D eigenvalue weighted by Crippen LogP contribution is 2.29. The minimum absolute atomic E-state index is 0.186. The molecule has 1 aromatic heterocycles. The number of amides is 1. The molecule has 0 bridgehead atoms. The van der Waals surface area contributed by atoms with E-state index in [1.165, 1.54) is 5.56 Å². The first kappa shape index (κ1) is 20.3. The lowest BCUT2D eigenvalue weighted by molar-refractivity contribution is 0.102.